The largest absolute Gasteiger partial charge is 0.491 e. The number of aliphatic hydroxyl groups excluding tert-OH is 1. The van der Waals surface area contributed by atoms with Gasteiger partial charge in [0.15, 0.2) is 5.69 Å². The van der Waals surface area contributed by atoms with E-state index >= 15 is 0 Å². The maximum absolute atomic E-state index is 12.7. The number of halogens is 1. The van der Waals surface area contributed by atoms with Crippen LogP contribution >= 0.6 is 0 Å². The quantitative estimate of drug-likeness (QED) is 0.838. The molecule has 0 saturated carbocycles. The fraction of sp³-hybridized carbons (Fsp3) is 0.286. The summed E-state index contributed by atoms with van der Waals surface area (Å²) >= 11 is 0. The minimum atomic E-state index is -0.896. The summed E-state index contributed by atoms with van der Waals surface area (Å²) in [5, 5.41) is 15.8. The van der Waals surface area contributed by atoms with Gasteiger partial charge in [-0.05, 0) is 31.2 Å². The van der Waals surface area contributed by atoms with Crippen molar-refractivity contribution in [3.8, 4) is 5.75 Å². The van der Waals surface area contributed by atoms with Crippen LogP contribution in [0.15, 0.2) is 34.9 Å². The first-order chi connectivity index (χ1) is 10.0. The summed E-state index contributed by atoms with van der Waals surface area (Å²) in [6.07, 6.45) is -0.896. The SMILES string of the molecule is Cc1cc(C(=O)NCC(O)COc2ccc(F)cc2)no1. The molecule has 7 heteroatoms. The van der Waals surface area contributed by atoms with E-state index in [2.05, 4.69) is 10.5 Å². The van der Waals surface area contributed by atoms with E-state index in [-0.39, 0.29) is 24.7 Å². The number of ether oxygens (including phenoxy) is 1. The first-order valence-corrected chi connectivity index (χ1v) is 6.32. The summed E-state index contributed by atoms with van der Waals surface area (Å²) in [5.74, 6) is 0.167. The maximum atomic E-state index is 12.7. The Hall–Kier alpha value is -2.41. The molecule has 2 rings (SSSR count). The molecular formula is C14H15FN2O4. The smallest absolute Gasteiger partial charge is 0.273 e. The molecule has 0 saturated heterocycles. The Morgan fingerprint density at radius 2 is 2.19 bits per heavy atom. The average molecular weight is 294 g/mol. The number of nitrogens with one attached hydrogen (secondary N) is 1. The zero-order valence-corrected chi connectivity index (χ0v) is 11.4. The molecule has 1 aromatic heterocycles. The number of hydrogen-bond donors (Lipinski definition) is 2. The molecule has 0 aliphatic carbocycles. The number of carbonyl (C=O) groups is 1. The van der Waals surface area contributed by atoms with E-state index in [1.807, 2.05) is 0 Å². The molecule has 0 aliphatic rings. The highest BCUT2D eigenvalue weighted by molar-refractivity contribution is 5.92. The van der Waals surface area contributed by atoms with Gasteiger partial charge in [-0.25, -0.2) is 4.39 Å². The van der Waals surface area contributed by atoms with Gasteiger partial charge >= 0.3 is 0 Å². The monoisotopic (exact) mass is 294 g/mol. The van der Waals surface area contributed by atoms with E-state index in [0.29, 0.717) is 11.5 Å². The van der Waals surface area contributed by atoms with Crippen LogP contribution in [-0.4, -0.2) is 35.4 Å². The molecule has 0 bridgehead atoms. The maximum Gasteiger partial charge on any atom is 0.273 e. The van der Waals surface area contributed by atoms with Crippen molar-refractivity contribution in [1.29, 1.82) is 0 Å². The van der Waals surface area contributed by atoms with Gasteiger partial charge in [-0.15, -0.1) is 0 Å². The number of carbonyl (C=O) groups excluding carboxylic acids is 1. The number of nitrogens with zero attached hydrogens (tertiary/aromatic N) is 1. The molecule has 6 nitrogen and oxygen atoms in total. The van der Waals surface area contributed by atoms with Crippen molar-refractivity contribution in [1.82, 2.24) is 10.5 Å². The van der Waals surface area contributed by atoms with E-state index in [4.69, 9.17) is 9.26 Å². The Kier molecular flexibility index (Phi) is 4.89. The molecule has 112 valence electrons. The average Bonchev–Trinajstić information content (AvgIpc) is 2.91. The van der Waals surface area contributed by atoms with Gasteiger partial charge in [0.05, 0.1) is 0 Å². The van der Waals surface area contributed by atoms with E-state index in [1.54, 1.807) is 6.92 Å². The summed E-state index contributed by atoms with van der Waals surface area (Å²) in [7, 11) is 0. The van der Waals surface area contributed by atoms with Crippen LogP contribution < -0.4 is 10.1 Å². The summed E-state index contributed by atoms with van der Waals surface area (Å²) < 4.78 is 22.7. The van der Waals surface area contributed by atoms with Crippen LogP contribution in [0.1, 0.15) is 16.2 Å². The number of aromatic nitrogens is 1. The van der Waals surface area contributed by atoms with Crippen molar-refractivity contribution in [2.24, 2.45) is 0 Å². The first-order valence-electron chi connectivity index (χ1n) is 6.32. The third-order valence-corrected chi connectivity index (χ3v) is 2.61. The number of hydrogen-bond acceptors (Lipinski definition) is 5. The van der Waals surface area contributed by atoms with Gasteiger partial charge in [-0.3, -0.25) is 4.79 Å². The lowest BCUT2D eigenvalue weighted by Crippen LogP contribution is -2.35. The molecule has 1 heterocycles. The number of benzene rings is 1. The van der Waals surface area contributed by atoms with Crippen molar-refractivity contribution < 1.29 is 23.6 Å². The standard InChI is InChI=1S/C14H15FN2O4/c1-9-6-13(17-21-9)14(19)16-7-11(18)8-20-12-4-2-10(15)3-5-12/h2-6,11,18H,7-8H2,1H3,(H,16,19). The Balaban J connectivity index is 1.73. The first kappa shape index (κ1) is 15.0. The molecule has 0 aliphatic heterocycles. The van der Waals surface area contributed by atoms with E-state index in [0.717, 1.165) is 0 Å². The van der Waals surface area contributed by atoms with Crippen molar-refractivity contribution in [3.05, 3.63) is 47.6 Å². The van der Waals surface area contributed by atoms with E-state index in [1.165, 1.54) is 30.3 Å². The molecule has 21 heavy (non-hydrogen) atoms. The summed E-state index contributed by atoms with van der Waals surface area (Å²) in [4.78, 5) is 11.6. The molecule has 0 spiro atoms. The summed E-state index contributed by atoms with van der Waals surface area (Å²) in [5.41, 5.74) is 0.152. The van der Waals surface area contributed by atoms with Gasteiger partial charge < -0.3 is 19.7 Å². The van der Waals surface area contributed by atoms with Crippen molar-refractivity contribution >= 4 is 5.91 Å². The number of aliphatic hydroxyl groups is 1. The highest BCUT2D eigenvalue weighted by atomic mass is 19.1. The second-order valence-electron chi connectivity index (χ2n) is 4.45. The number of amides is 1. The fourth-order valence-electron chi connectivity index (χ4n) is 1.56. The molecule has 1 amide bonds. The Morgan fingerprint density at radius 1 is 1.48 bits per heavy atom. The van der Waals surface area contributed by atoms with Gasteiger partial charge in [0.2, 0.25) is 0 Å². The minimum Gasteiger partial charge on any atom is -0.491 e. The lowest BCUT2D eigenvalue weighted by atomic mass is 10.3. The molecule has 0 radical (unpaired) electrons. The Labute approximate surface area is 120 Å². The predicted octanol–water partition coefficient (Wildman–Crippen LogP) is 1.29. The highest BCUT2D eigenvalue weighted by Crippen LogP contribution is 2.11. The van der Waals surface area contributed by atoms with Gasteiger partial charge in [-0.1, -0.05) is 5.16 Å². The molecule has 1 atom stereocenters. The van der Waals surface area contributed by atoms with Gasteiger partial charge in [0.25, 0.3) is 5.91 Å². The van der Waals surface area contributed by atoms with Crippen molar-refractivity contribution in [2.75, 3.05) is 13.2 Å². The second kappa shape index (κ2) is 6.85. The molecular weight excluding hydrogens is 279 g/mol. The van der Waals surface area contributed by atoms with Gasteiger partial charge in [-0.2, -0.15) is 0 Å². The third-order valence-electron chi connectivity index (χ3n) is 2.61. The molecule has 2 aromatic rings. The van der Waals surface area contributed by atoms with E-state index < -0.39 is 12.0 Å². The topological polar surface area (TPSA) is 84.6 Å². The molecule has 1 aromatic carbocycles. The van der Waals surface area contributed by atoms with Crippen LogP contribution in [0.25, 0.3) is 0 Å². The van der Waals surface area contributed by atoms with Crippen LogP contribution in [0.3, 0.4) is 0 Å². The Bertz CT molecular complexity index is 597. The Morgan fingerprint density at radius 3 is 2.81 bits per heavy atom. The molecule has 1 unspecified atom stereocenters. The lowest BCUT2D eigenvalue weighted by molar-refractivity contribution is 0.0836. The van der Waals surface area contributed by atoms with Crippen LogP contribution in [0.4, 0.5) is 4.39 Å². The molecule has 2 N–H and O–H groups in total. The third kappa shape index (κ3) is 4.57. The minimum absolute atomic E-state index is 0.00589. The van der Waals surface area contributed by atoms with Crippen LogP contribution in [0.2, 0.25) is 0 Å². The fourth-order valence-corrected chi connectivity index (χ4v) is 1.56. The van der Waals surface area contributed by atoms with Gasteiger partial charge in [0, 0.05) is 12.6 Å². The van der Waals surface area contributed by atoms with Crippen LogP contribution in [-0.2, 0) is 0 Å². The van der Waals surface area contributed by atoms with Crippen LogP contribution in [0.5, 0.6) is 5.75 Å². The predicted molar refractivity (Wildman–Crippen MR) is 71.5 cm³/mol. The van der Waals surface area contributed by atoms with Crippen LogP contribution in [0, 0.1) is 12.7 Å². The van der Waals surface area contributed by atoms with E-state index in [9.17, 15) is 14.3 Å². The highest BCUT2D eigenvalue weighted by Gasteiger charge is 2.13. The number of rotatable bonds is 6. The lowest BCUT2D eigenvalue weighted by Gasteiger charge is -2.12. The molecule has 0 fully saturated rings. The zero-order chi connectivity index (χ0) is 15.2. The summed E-state index contributed by atoms with van der Waals surface area (Å²) in [6, 6.07) is 6.93. The summed E-state index contributed by atoms with van der Waals surface area (Å²) in [6.45, 7) is 1.66. The zero-order valence-electron chi connectivity index (χ0n) is 11.4. The van der Waals surface area contributed by atoms with Crippen molar-refractivity contribution in [3.63, 3.8) is 0 Å². The van der Waals surface area contributed by atoms with Crippen molar-refractivity contribution in [2.45, 2.75) is 13.0 Å². The van der Waals surface area contributed by atoms with Gasteiger partial charge in [0.1, 0.15) is 30.0 Å². The second-order valence-corrected chi connectivity index (χ2v) is 4.45. The number of aryl methyl sites for hydroxylation is 1. The normalized spacial score (nSPS) is 12.0.